The van der Waals surface area contributed by atoms with Gasteiger partial charge in [0.25, 0.3) is 0 Å². The number of ether oxygens (including phenoxy) is 1. The zero-order valence-corrected chi connectivity index (χ0v) is 15.8. The Kier molecular flexibility index (Phi) is 4.94. The van der Waals surface area contributed by atoms with Crippen LogP contribution in [0.4, 0.5) is 18.9 Å². The lowest BCUT2D eigenvalue weighted by molar-refractivity contribution is -0.137. The zero-order chi connectivity index (χ0) is 20.6. The Morgan fingerprint density at radius 1 is 1.14 bits per heavy atom. The number of Topliss-reactive ketones (excluding diaryl/α,β-unsaturated/α-hetero) is 1. The Morgan fingerprint density at radius 2 is 1.83 bits per heavy atom. The monoisotopic (exact) mass is 403 g/mol. The van der Waals surface area contributed by atoms with Crippen LogP contribution in [0.5, 0.6) is 5.75 Å². The molecule has 1 aromatic carbocycles. The van der Waals surface area contributed by atoms with E-state index in [0.717, 1.165) is 30.7 Å². The number of hydrogen-bond acceptors (Lipinski definition) is 4. The quantitative estimate of drug-likeness (QED) is 0.597. The summed E-state index contributed by atoms with van der Waals surface area (Å²) in [6, 6.07) is 8.90. The molecule has 29 heavy (non-hydrogen) atoms. The summed E-state index contributed by atoms with van der Waals surface area (Å²) in [5.41, 5.74) is 1.20. The number of halogens is 3. The molecule has 3 heterocycles. The summed E-state index contributed by atoms with van der Waals surface area (Å²) in [5.74, 6) is 0.595. The van der Waals surface area contributed by atoms with Gasteiger partial charge in [-0.3, -0.25) is 4.79 Å². The predicted octanol–water partition coefficient (Wildman–Crippen LogP) is 4.60. The standard InChI is InChI=1S/C21H20F3N3O2/c1-14(28)19-13-27-11-8-18(12-20(27)25-19)29-17-6-9-26(10-7-17)16-4-2-15(3-5-16)21(22,23)24/h2-5,8,11-13,17H,6-7,9-10H2,1H3. The molecule has 8 heteroatoms. The maximum Gasteiger partial charge on any atom is 0.416 e. The van der Waals surface area contributed by atoms with Crippen LogP contribution in [0.15, 0.2) is 48.8 Å². The van der Waals surface area contributed by atoms with E-state index in [1.165, 1.54) is 19.1 Å². The summed E-state index contributed by atoms with van der Waals surface area (Å²) < 4.78 is 46.0. The minimum absolute atomic E-state index is 0.0189. The average Bonchev–Trinajstić information content (AvgIpc) is 3.12. The van der Waals surface area contributed by atoms with Gasteiger partial charge in [0, 0.05) is 57.0 Å². The average molecular weight is 403 g/mol. The first kappa shape index (κ1) is 19.3. The lowest BCUT2D eigenvalue weighted by Gasteiger charge is -2.33. The van der Waals surface area contributed by atoms with Gasteiger partial charge in [-0.1, -0.05) is 0 Å². The van der Waals surface area contributed by atoms with Gasteiger partial charge in [0.15, 0.2) is 5.78 Å². The van der Waals surface area contributed by atoms with Crippen molar-refractivity contribution in [3.63, 3.8) is 0 Å². The number of rotatable bonds is 4. The summed E-state index contributed by atoms with van der Waals surface area (Å²) in [4.78, 5) is 17.8. The molecule has 4 rings (SSSR count). The first-order chi connectivity index (χ1) is 13.8. The molecule has 0 N–H and O–H groups in total. The molecule has 1 aliphatic rings. The third kappa shape index (κ3) is 4.21. The van der Waals surface area contributed by atoms with Crippen molar-refractivity contribution >= 4 is 17.1 Å². The van der Waals surface area contributed by atoms with Crippen molar-refractivity contribution in [2.45, 2.75) is 32.0 Å². The highest BCUT2D eigenvalue weighted by atomic mass is 19.4. The van der Waals surface area contributed by atoms with Crippen LogP contribution in [-0.2, 0) is 6.18 Å². The van der Waals surface area contributed by atoms with Gasteiger partial charge in [0.05, 0.1) is 5.56 Å². The first-order valence-corrected chi connectivity index (χ1v) is 9.38. The van der Waals surface area contributed by atoms with Gasteiger partial charge >= 0.3 is 6.18 Å². The number of carbonyl (C=O) groups excluding carboxylic acids is 1. The SMILES string of the molecule is CC(=O)c1cn2ccc(OC3CCN(c4ccc(C(F)(F)F)cc4)CC3)cc2n1. The lowest BCUT2D eigenvalue weighted by atomic mass is 10.1. The molecule has 0 unspecified atom stereocenters. The fourth-order valence-electron chi connectivity index (χ4n) is 3.49. The van der Waals surface area contributed by atoms with E-state index in [1.54, 1.807) is 22.9 Å². The van der Waals surface area contributed by atoms with Crippen LogP contribution in [0.2, 0.25) is 0 Å². The fraction of sp³-hybridized carbons (Fsp3) is 0.333. The number of benzene rings is 1. The molecule has 0 radical (unpaired) electrons. The molecule has 152 valence electrons. The van der Waals surface area contributed by atoms with Crippen LogP contribution in [-0.4, -0.2) is 34.4 Å². The van der Waals surface area contributed by atoms with Crippen molar-refractivity contribution in [2.75, 3.05) is 18.0 Å². The molecule has 0 amide bonds. The molecule has 0 spiro atoms. The minimum Gasteiger partial charge on any atom is -0.490 e. The Hall–Kier alpha value is -3.03. The largest absolute Gasteiger partial charge is 0.490 e. The van der Waals surface area contributed by atoms with Gasteiger partial charge in [0.1, 0.15) is 23.2 Å². The normalized spacial score (nSPS) is 15.7. The van der Waals surface area contributed by atoms with E-state index in [0.29, 0.717) is 30.2 Å². The maximum absolute atomic E-state index is 12.7. The smallest absolute Gasteiger partial charge is 0.416 e. The molecule has 0 saturated carbocycles. The van der Waals surface area contributed by atoms with E-state index in [2.05, 4.69) is 9.88 Å². The van der Waals surface area contributed by atoms with Crippen molar-refractivity contribution in [3.05, 3.63) is 60.0 Å². The molecule has 0 atom stereocenters. The molecule has 0 aliphatic carbocycles. The fourth-order valence-corrected chi connectivity index (χ4v) is 3.49. The summed E-state index contributed by atoms with van der Waals surface area (Å²) in [7, 11) is 0. The molecule has 2 aromatic heterocycles. The number of nitrogens with zero attached hydrogens (tertiary/aromatic N) is 3. The summed E-state index contributed by atoms with van der Waals surface area (Å²) in [5, 5.41) is 0. The molecule has 1 aliphatic heterocycles. The number of ketones is 1. The maximum atomic E-state index is 12.7. The lowest BCUT2D eigenvalue weighted by Crippen LogP contribution is -2.38. The second-order valence-electron chi connectivity index (χ2n) is 7.16. The number of carbonyl (C=O) groups is 1. The van der Waals surface area contributed by atoms with Crippen LogP contribution in [0, 0.1) is 0 Å². The number of hydrogen-bond donors (Lipinski definition) is 0. The van der Waals surface area contributed by atoms with E-state index < -0.39 is 11.7 Å². The predicted molar refractivity (Wildman–Crippen MR) is 103 cm³/mol. The van der Waals surface area contributed by atoms with Gasteiger partial charge in [-0.2, -0.15) is 13.2 Å². The van der Waals surface area contributed by atoms with Crippen LogP contribution in [0.25, 0.3) is 5.65 Å². The number of piperidine rings is 1. The minimum atomic E-state index is -4.32. The van der Waals surface area contributed by atoms with Gasteiger partial charge in [-0.15, -0.1) is 0 Å². The van der Waals surface area contributed by atoms with E-state index >= 15 is 0 Å². The second-order valence-corrected chi connectivity index (χ2v) is 7.16. The number of alkyl halides is 3. The Bertz CT molecular complexity index is 1020. The van der Waals surface area contributed by atoms with Gasteiger partial charge in [-0.25, -0.2) is 4.98 Å². The number of aromatic nitrogens is 2. The van der Waals surface area contributed by atoms with Crippen molar-refractivity contribution in [2.24, 2.45) is 0 Å². The number of imidazole rings is 1. The molecule has 0 bridgehead atoms. The highest BCUT2D eigenvalue weighted by molar-refractivity contribution is 5.92. The van der Waals surface area contributed by atoms with E-state index in [4.69, 9.17) is 4.74 Å². The van der Waals surface area contributed by atoms with E-state index in [9.17, 15) is 18.0 Å². The molecule has 3 aromatic rings. The van der Waals surface area contributed by atoms with Crippen molar-refractivity contribution in [1.29, 1.82) is 0 Å². The number of pyridine rings is 1. The van der Waals surface area contributed by atoms with Gasteiger partial charge in [0.2, 0.25) is 0 Å². The highest BCUT2D eigenvalue weighted by Gasteiger charge is 2.30. The molecular weight excluding hydrogens is 383 g/mol. The second kappa shape index (κ2) is 7.42. The van der Waals surface area contributed by atoms with E-state index in [1.807, 2.05) is 6.07 Å². The molecule has 5 nitrogen and oxygen atoms in total. The molecular formula is C21H20F3N3O2. The topological polar surface area (TPSA) is 46.8 Å². The summed E-state index contributed by atoms with van der Waals surface area (Å²) in [6.45, 7) is 2.88. The number of fused-ring (bicyclic) bond motifs is 1. The highest BCUT2D eigenvalue weighted by Crippen LogP contribution is 2.31. The molecule has 1 fully saturated rings. The van der Waals surface area contributed by atoms with Crippen LogP contribution >= 0.6 is 0 Å². The Labute approximate surface area is 165 Å². The van der Waals surface area contributed by atoms with Gasteiger partial charge in [-0.05, 0) is 30.3 Å². The summed E-state index contributed by atoms with van der Waals surface area (Å²) in [6.07, 6.45) is 0.718. The third-order valence-electron chi connectivity index (χ3n) is 5.10. The third-order valence-corrected chi connectivity index (χ3v) is 5.10. The van der Waals surface area contributed by atoms with Crippen molar-refractivity contribution in [3.8, 4) is 5.75 Å². The molecule has 1 saturated heterocycles. The Balaban J connectivity index is 1.37. The van der Waals surface area contributed by atoms with E-state index in [-0.39, 0.29) is 11.9 Å². The van der Waals surface area contributed by atoms with Crippen LogP contribution in [0.1, 0.15) is 35.8 Å². The van der Waals surface area contributed by atoms with Gasteiger partial charge < -0.3 is 14.0 Å². The van der Waals surface area contributed by atoms with Crippen LogP contribution in [0.3, 0.4) is 0 Å². The van der Waals surface area contributed by atoms with Crippen molar-refractivity contribution in [1.82, 2.24) is 9.38 Å². The first-order valence-electron chi connectivity index (χ1n) is 9.38. The number of anilines is 1. The zero-order valence-electron chi connectivity index (χ0n) is 15.8. The summed E-state index contributed by atoms with van der Waals surface area (Å²) >= 11 is 0. The van der Waals surface area contributed by atoms with Crippen LogP contribution < -0.4 is 9.64 Å². The van der Waals surface area contributed by atoms with Crippen molar-refractivity contribution < 1.29 is 22.7 Å². The Morgan fingerprint density at radius 3 is 2.45 bits per heavy atom.